The summed E-state index contributed by atoms with van der Waals surface area (Å²) in [5.74, 6) is 0.436. The molecule has 1 saturated heterocycles. The summed E-state index contributed by atoms with van der Waals surface area (Å²) in [6.07, 6.45) is 4.49. The lowest BCUT2D eigenvalue weighted by atomic mass is 9.91. The van der Waals surface area contributed by atoms with Gasteiger partial charge >= 0.3 is 0 Å². The molecule has 104 valence electrons. The average molecular weight is 265 g/mol. The number of aromatic nitrogens is 1. The monoisotopic (exact) mass is 265 g/mol. The minimum absolute atomic E-state index is 0.150. The first-order chi connectivity index (χ1) is 9.22. The van der Waals surface area contributed by atoms with Crippen molar-refractivity contribution in [2.45, 2.75) is 18.4 Å². The lowest BCUT2D eigenvalue weighted by molar-refractivity contribution is -0.140. The van der Waals surface area contributed by atoms with Gasteiger partial charge in [0.15, 0.2) is 0 Å². The number of pyridine rings is 1. The number of ether oxygens (including phenoxy) is 2. The van der Waals surface area contributed by atoms with Gasteiger partial charge in [0, 0.05) is 19.4 Å². The van der Waals surface area contributed by atoms with Gasteiger partial charge in [-0.25, -0.2) is 0 Å². The number of anilines is 1. The minimum atomic E-state index is -0.772. The third-order valence-electron chi connectivity index (χ3n) is 3.46. The van der Waals surface area contributed by atoms with Crippen molar-refractivity contribution in [2.75, 3.05) is 32.6 Å². The van der Waals surface area contributed by atoms with Crippen molar-refractivity contribution in [3.05, 3.63) is 18.5 Å². The Morgan fingerprint density at radius 2 is 2.16 bits per heavy atom. The number of hydrogen-bond acceptors (Lipinski definition) is 5. The molecule has 0 aromatic carbocycles. The first-order valence-corrected chi connectivity index (χ1v) is 6.27. The standard InChI is InChI=1S/C13H19N3O3/c1-18-11-3-6-15-9-10(11)16-12(17)13(19-2)4-7-14-8-5-13/h3,6,9,14H,4-5,7-8H2,1-2H3,(H,16,17). The molecule has 0 radical (unpaired) electrons. The summed E-state index contributed by atoms with van der Waals surface area (Å²) in [4.78, 5) is 16.4. The Bertz CT molecular complexity index is 445. The second kappa shape index (κ2) is 5.99. The molecule has 6 nitrogen and oxygen atoms in total. The zero-order valence-corrected chi connectivity index (χ0v) is 11.2. The number of nitrogens with zero attached hydrogens (tertiary/aromatic N) is 1. The van der Waals surface area contributed by atoms with Crippen LogP contribution in [0.25, 0.3) is 0 Å². The molecule has 2 N–H and O–H groups in total. The van der Waals surface area contributed by atoms with Gasteiger partial charge in [0.2, 0.25) is 0 Å². The van der Waals surface area contributed by atoms with E-state index in [4.69, 9.17) is 9.47 Å². The topological polar surface area (TPSA) is 72.5 Å². The van der Waals surface area contributed by atoms with Crippen molar-refractivity contribution in [1.82, 2.24) is 10.3 Å². The van der Waals surface area contributed by atoms with E-state index in [1.54, 1.807) is 32.7 Å². The molecule has 1 aromatic heterocycles. The van der Waals surface area contributed by atoms with E-state index in [9.17, 15) is 4.79 Å². The predicted molar refractivity (Wildman–Crippen MR) is 71.3 cm³/mol. The summed E-state index contributed by atoms with van der Waals surface area (Å²) in [7, 11) is 3.13. The van der Waals surface area contributed by atoms with E-state index in [0.717, 1.165) is 13.1 Å². The Balaban J connectivity index is 2.15. The minimum Gasteiger partial charge on any atom is -0.494 e. The van der Waals surface area contributed by atoms with Crippen LogP contribution >= 0.6 is 0 Å². The number of nitrogens with one attached hydrogen (secondary N) is 2. The van der Waals surface area contributed by atoms with E-state index in [0.29, 0.717) is 24.3 Å². The van der Waals surface area contributed by atoms with E-state index in [-0.39, 0.29) is 5.91 Å². The fourth-order valence-electron chi connectivity index (χ4n) is 2.24. The molecule has 19 heavy (non-hydrogen) atoms. The Kier molecular flexibility index (Phi) is 4.34. The molecule has 0 aliphatic carbocycles. The van der Waals surface area contributed by atoms with Crippen LogP contribution in [0.3, 0.4) is 0 Å². The molecular weight excluding hydrogens is 246 g/mol. The van der Waals surface area contributed by atoms with Crippen LogP contribution in [0.5, 0.6) is 5.75 Å². The number of hydrogen-bond donors (Lipinski definition) is 2. The van der Waals surface area contributed by atoms with Crippen LogP contribution in [0.15, 0.2) is 18.5 Å². The van der Waals surface area contributed by atoms with Gasteiger partial charge in [0.05, 0.1) is 13.3 Å². The van der Waals surface area contributed by atoms with Crippen molar-refractivity contribution in [3.8, 4) is 5.75 Å². The van der Waals surface area contributed by atoms with Gasteiger partial charge in [-0.05, 0) is 25.9 Å². The molecule has 0 saturated carbocycles. The van der Waals surface area contributed by atoms with Gasteiger partial charge < -0.3 is 20.1 Å². The third kappa shape index (κ3) is 2.85. The molecule has 1 fully saturated rings. The number of carbonyl (C=O) groups is 1. The molecular formula is C13H19N3O3. The molecule has 2 rings (SSSR count). The fourth-order valence-corrected chi connectivity index (χ4v) is 2.24. The first kappa shape index (κ1) is 13.8. The fraction of sp³-hybridized carbons (Fsp3) is 0.538. The highest BCUT2D eigenvalue weighted by molar-refractivity contribution is 5.98. The third-order valence-corrected chi connectivity index (χ3v) is 3.46. The van der Waals surface area contributed by atoms with E-state index < -0.39 is 5.60 Å². The summed E-state index contributed by atoms with van der Waals surface area (Å²) < 4.78 is 10.7. The zero-order chi connectivity index (χ0) is 13.7. The normalized spacial score (nSPS) is 17.8. The molecule has 0 atom stereocenters. The number of carbonyl (C=O) groups excluding carboxylic acids is 1. The van der Waals surface area contributed by atoms with Gasteiger partial charge in [0.1, 0.15) is 17.0 Å². The second-order valence-corrected chi connectivity index (χ2v) is 4.48. The summed E-state index contributed by atoms with van der Waals surface area (Å²) in [5.41, 5.74) is -0.212. The molecule has 0 unspecified atom stereocenters. The highest BCUT2D eigenvalue weighted by Gasteiger charge is 2.39. The Labute approximate surface area is 112 Å². The largest absolute Gasteiger partial charge is 0.494 e. The molecule has 1 aliphatic rings. The van der Waals surface area contributed by atoms with Crippen molar-refractivity contribution in [2.24, 2.45) is 0 Å². The molecule has 1 amide bonds. The summed E-state index contributed by atoms with van der Waals surface area (Å²) in [6, 6.07) is 1.71. The van der Waals surface area contributed by atoms with Crippen LogP contribution in [-0.4, -0.2) is 43.8 Å². The molecule has 6 heteroatoms. The average Bonchev–Trinajstić information content (AvgIpc) is 2.48. The van der Waals surface area contributed by atoms with Crippen LogP contribution in [-0.2, 0) is 9.53 Å². The van der Waals surface area contributed by atoms with Crippen LogP contribution < -0.4 is 15.4 Å². The van der Waals surface area contributed by atoms with Crippen LogP contribution in [0.1, 0.15) is 12.8 Å². The summed E-state index contributed by atoms with van der Waals surface area (Å²) >= 11 is 0. The number of piperidine rings is 1. The van der Waals surface area contributed by atoms with Gasteiger partial charge in [-0.1, -0.05) is 0 Å². The number of rotatable bonds is 4. The van der Waals surface area contributed by atoms with Crippen LogP contribution in [0.4, 0.5) is 5.69 Å². The Hall–Kier alpha value is -1.66. The maximum absolute atomic E-state index is 12.4. The Morgan fingerprint density at radius 1 is 1.42 bits per heavy atom. The van der Waals surface area contributed by atoms with Crippen molar-refractivity contribution in [1.29, 1.82) is 0 Å². The SMILES string of the molecule is COc1ccncc1NC(=O)C1(OC)CCNCC1. The van der Waals surface area contributed by atoms with E-state index >= 15 is 0 Å². The molecule has 1 aromatic rings. The van der Waals surface area contributed by atoms with E-state index in [1.165, 1.54) is 0 Å². The van der Waals surface area contributed by atoms with Crippen LogP contribution in [0, 0.1) is 0 Å². The zero-order valence-electron chi connectivity index (χ0n) is 11.2. The quantitative estimate of drug-likeness (QED) is 0.842. The van der Waals surface area contributed by atoms with Gasteiger partial charge in [-0.2, -0.15) is 0 Å². The maximum atomic E-state index is 12.4. The number of methoxy groups -OCH3 is 2. The van der Waals surface area contributed by atoms with Crippen molar-refractivity contribution in [3.63, 3.8) is 0 Å². The van der Waals surface area contributed by atoms with Gasteiger partial charge in [0.25, 0.3) is 5.91 Å². The summed E-state index contributed by atoms with van der Waals surface area (Å²) in [5, 5.41) is 6.06. The smallest absolute Gasteiger partial charge is 0.256 e. The highest BCUT2D eigenvalue weighted by Crippen LogP contribution is 2.27. The molecule has 0 spiro atoms. The lowest BCUT2D eigenvalue weighted by Gasteiger charge is -2.34. The lowest BCUT2D eigenvalue weighted by Crippen LogP contribution is -2.51. The maximum Gasteiger partial charge on any atom is 0.256 e. The van der Waals surface area contributed by atoms with Gasteiger partial charge in [-0.3, -0.25) is 9.78 Å². The second-order valence-electron chi connectivity index (χ2n) is 4.48. The van der Waals surface area contributed by atoms with E-state index in [1.807, 2.05) is 0 Å². The first-order valence-electron chi connectivity index (χ1n) is 6.27. The van der Waals surface area contributed by atoms with Gasteiger partial charge in [-0.15, -0.1) is 0 Å². The highest BCUT2D eigenvalue weighted by atomic mass is 16.5. The van der Waals surface area contributed by atoms with Crippen molar-refractivity contribution < 1.29 is 14.3 Å². The Morgan fingerprint density at radius 3 is 2.79 bits per heavy atom. The van der Waals surface area contributed by atoms with Crippen LogP contribution in [0.2, 0.25) is 0 Å². The van der Waals surface area contributed by atoms with Crippen molar-refractivity contribution >= 4 is 11.6 Å². The predicted octanol–water partition coefficient (Wildman–Crippen LogP) is 0.797. The molecule has 2 heterocycles. The van der Waals surface area contributed by atoms with E-state index in [2.05, 4.69) is 15.6 Å². The molecule has 1 aliphatic heterocycles. The summed E-state index contributed by atoms with van der Waals surface area (Å²) in [6.45, 7) is 1.54. The number of amides is 1. The molecule has 0 bridgehead atoms.